The molecule has 0 aromatic heterocycles. The van der Waals surface area contributed by atoms with Crippen LogP contribution in [-0.4, -0.2) is 22.4 Å². The zero-order valence-corrected chi connectivity index (χ0v) is 14.0. The lowest BCUT2D eigenvalue weighted by Gasteiger charge is -2.24. The van der Waals surface area contributed by atoms with Gasteiger partial charge in [0.25, 0.3) is 0 Å². The molecule has 0 saturated heterocycles. The molecule has 124 valence electrons. The lowest BCUT2D eigenvalue weighted by molar-refractivity contribution is 0.0698. The number of aliphatic hydroxyl groups excluding tert-OH is 1. The highest BCUT2D eigenvalue weighted by Crippen LogP contribution is 2.24. The van der Waals surface area contributed by atoms with Crippen molar-refractivity contribution >= 4 is 6.08 Å². The maximum Gasteiger partial charge on any atom is 0.0830 e. The molecule has 4 N–H and O–H groups in total. The van der Waals surface area contributed by atoms with Crippen molar-refractivity contribution in [1.82, 2.24) is 0 Å². The number of aliphatic hydroxyl groups is 2. The molecule has 0 aliphatic rings. The topological polar surface area (TPSA) is 66.5 Å². The molecule has 0 saturated carbocycles. The summed E-state index contributed by atoms with van der Waals surface area (Å²) in [6.07, 6.45) is 8.56. The molecule has 0 aliphatic heterocycles. The smallest absolute Gasteiger partial charge is 0.0830 e. The normalized spacial score (nSPS) is 15.9. The van der Waals surface area contributed by atoms with Crippen molar-refractivity contribution in [2.75, 3.05) is 6.54 Å². The van der Waals surface area contributed by atoms with E-state index in [1.165, 1.54) is 0 Å². The summed E-state index contributed by atoms with van der Waals surface area (Å²) >= 11 is 0. The third-order valence-corrected chi connectivity index (χ3v) is 3.97. The lowest BCUT2D eigenvalue weighted by atomic mass is 9.90. The molecular formula is C19H31NO2. The van der Waals surface area contributed by atoms with E-state index in [1.54, 1.807) is 0 Å². The van der Waals surface area contributed by atoms with Crippen molar-refractivity contribution in [3.63, 3.8) is 0 Å². The van der Waals surface area contributed by atoms with E-state index in [1.807, 2.05) is 36.4 Å². The van der Waals surface area contributed by atoms with Crippen molar-refractivity contribution in [3.05, 3.63) is 41.5 Å². The van der Waals surface area contributed by atoms with E-state index in [-0.39, 0.29) is 0 Å². The second-order valence-corrected chi connectivity index (χ2v) is 6.05. The Balaban J connectivity index is 2.84. The van der Waals surface area contributed by atoms with Crippen molar-refractivity contribution in [1.29, 1.82) is 0 Å². The summed E-state index contributed by atoms with van der Waals surface area (Å²) < 4.78 is 0. The molecule has 0 aliphatic carbocycles. The van der Waals surface area contributed by atoms with Crippen LogP contribution in [0.1, 0.15) is 69.6 Å². The molecule has 1 rings (SSSR count). The molecule has 22 heavy (non-hydrogen) atoms. The largest absolute Gasteiger partial charge is 0.388 e. The predicted octanol–water partition coefficient (Wildman–Crippen LogP) is 3.80. The third-order valence-electron chi connectivity index (χ3n) is 3.97. The molecule has 3 nitrogen and oxygen atoms in total. The fraction of sp³-hybridized carbons (Fsp3) is 0.579. The van der Waals surface area contributed by atoms with Gasteiger partial charge in [0.15, 0.2) is 0 Å². The highest BCUT2D eigenvalue weighted by molar-refractivity contribution is 5.52. The molecular weight excluding hydrogens is 274 g/mol. The quantitative estimate of drug-likeness (QED) is 0.616. The standard InChI is InChI=1S/C19H31NO2/c1-3-5-12-19(22,11-4-2)13-9-16-7-6-8-17(15-16)18(21)10-14-20/h6-9,13,15,18,21-22H,3-5,10-12,14,20H2,1-2H3. The summed E-state index contributed by atoms with van der Waals surface area (Å²) in [5.41, 5.74) is 6.64. The fourth-order valence-electron chi connectivity index (χ4n) is 2.65. The van der Waals surface area contributed by atoms with Crippen LogP contribution in [0, 0.1) is 0 Å². The van der Waals surface area contributed by atoms with Crippen molar-refractivity contribution in [2.45, 2.75) is 64.1 Å². The average molecular weight is 305 g/mol. The van der Waals surface area contributed by atoms with E-state index in [9.17, 15) is 10.2 Å². The third kappa shape index (κ3) is 6.30. The summed E-state index contributed by atoms with van der Waals surface area (Å²) in [4.78, 5) is 0. The van der Waals surface area contributed by atoms with Crippen LogP contribution < -0.4 is 5.73 Å². The second-order valence-electron chi connectivity index (χ2n) is 6.05. The van der Waals surface area contributed by atoms with E-state index < -0.39 is 11.7 Å². The van der Waals surface area contributed by atoms with Gasteiger partial charge < -0.3 is 15.9 Å². The lowest BCUT2D eigenvalue weighted by Crippen LogP contribution is -2.25. The van der Waals surface area contributed by atoms with Crippen LogP contribution in [0.5, 0.6) is 0 Å². The molecule has 0 amide bonds. The van der Waals surface area contributed by atoms with Gasteiger partial charge in [0.1, 0.15) is 0 Å². The Morgan fingerprint density at radius 2 is 2.00 bits per heavy atom. The van der Waals surface area contributed by atoms with Crippen LogP contribution in [0.15, 0.2) is 30.3 Å². The molecule has 3 heteroatoms. The van der Waals surface area contributed by atoms with Crippen LogP contribution in [0.25, 0.3) is 6.08 Å². The summed E-state index contributed by atoms with van der Waals surface area (Å²) in [5, 5.41) is 20.7. The molecule has 1 aromatic rings. The summed E-state index contributed by atoms with van der Waals surface area (Å²) in [7, 11) is 0. The van der Waals surface area contributed by atoms with Gasteiger partial charge in [-0.2, -0.15) is 0 Å². The minimum Gasteiger partial charge on any atom is -0.388 e. The van der Waals surface area contributed by atoms with Crippen LogP contribution in [0.2, 0.25) is 0 Å². The number of rotatable bonds is 10. The van der Waals surface area contributed by atoms with Crippen molar-refractivity contribution < 1.29 is 10.2 Å². The van der Waals surface area contributed by atoms with Gasteiger partial charge in [0.05, 0.1) is 11.7 Å². The first-order valence-corrected chi connectivity index (χ1v) is 8.44. The Morgan fingerprint density at radius 3 is 2.64 bits per heavy atom. The van der Waals surface area contributed by atoms with Crippen molar-refractivity contribution in [3.8, 4) is 0 Å². The molecule has 0 fully saturated rings. The van der Waals surface area contributed by atoms with Crippen LogP contribution in [0.3, 0.4) is 0 Å². The number of nitrogens with two attached hydrogens (primary N) is 1. The van der Waals surface area contributed by atoms with Crippen LogP contribution in [0.4, 0.5) is 0 Å². The van der Waals surface area contributed by atoms with Gasteiger partial charge in [-0.1, -0.05) is 63.5 Å². The molecule has 1 aromatic carbocycles. The van der Waals surface area contributed by atoms with E-state index in [0.717, 1.165) is 43.2 Å². The Morgan fingerprint density at radius 1 is 1.23 bits per heavy atom. The zero-order valence-electron chi connectivity index (χ0n) is 14.0. The Hall–Kier alpha value is -1.16. The molecule has 0 radical (unpaired) electrons. The molecule has 2 unspecified atom stereocenters. The highest BCUT2D eigenvalue weighted by atomic mass is 16.3. The summed E-state index contributed by atoms with van der Waals surface area (Å²) in [6, 6.07) is 7.79. The van der Waals surface area contributed by atoms with E-state index in [2.05, 4.69) is 13.8 Å². The van der Waals surface area contributed by atoms with Crippen molar-refractivity contribution in [2.24, 2.45) is 5.73 Å². The van der Waals surface area contributed by atoms with Gasteiger partial charge in [0, 0.05) is 0 Å². The van der Waals surface area contributed by atoms with Gasteiger partial charge >= 0.3 is 0 Å². The molecule has 0 bridgehead atoms. The molecule has 0 heterocycles. The Labute approximate surface area is 134 Å². The Kier molecular flexibility index (Phi) is 8.39. The average Bonchev–Trinajstić information content (AvgIpc) is 2.52. The van der Waals surface area contributed by atoms with E-state index in [0.29, 0.717) is 13.0 Å². The number of benzene rings is 1. The van der Waals surface area contributed by atoms with E-state index in [4.69, 9.17) is 5.73 Å². The minimum atomic E-state index is -0.726. The SMILES string of the molecule is CCCCC(O)(C=Cc1cccc(C(O)CCN)c1)CCC. The molecule has 2 atom stereocenters. The highest BCUT2D eigenvalue weighted by Gasteiger charge is 2.21. The minimum absolute atomic E-state index is 0.467. The van der Waals surface area contributed by atoms with Gasteiger partial charge in [-0.15, -0.1) is 0 Å². The van der Waals surface area contributed by atoms with Gasteiger partial charge in [-0.25, -0.2) is 0 Å². The first-order valence-electron chi connectivity index (χ1n) is 8.44. The van der Waals surface area contributed by atoms with Gasteiger partial charge in [-0.05, 0) is 43.0 Å². The van der Waals surface area contributed by atoms with Crippen LogP contribution in [-0.2, 0) is 0 Å². The first-order chi connectivity index (χ1) is 10.5. The Bertz CT molecular complexity index is 459. The second kappa shape index (κ2) is 9.78. The maximum absolute atomic E-state index is 10.7. The van der Waals surface area contributed by atoms with Crippen LogP contribution >= 0.6 is 0 Å². The predicted molar refractivity (Wildman–Crippen MR) is 93.5 cm³/mol. The van der Waals surface area contributed by atoms with Gasteiger partial charge in [-0.3, -0.25) is 0 Å². The first kappa shape index (κ1) is 18.9. The molecule has 0 spiro atoms. The number of hydrogen-bond acceptors (Lipinski definition) is 3. The number of hydrogen-bond donors (Lipinski definition) is 3. The number of unbranched alkanes of at least 4 members (excludes halogenated alkanes) is 1. The monoisotopic (exact) mass is 305 g/mol. The van der Waals surface area contributed by atoms with E-state index >= 15 is 0 Å². The zero-order chi connectivity index (χ0) is 16.4. The summed E-state index contributed by atoms with van der Waals surface area (Å²) in [5.74, 6) is 0. The summed E-state index contributed by atoms with van der Waals surface area (Å²) in [6.45, 7) is 4.70. The maximum atomic E-state index is 10.7. The fourth-order valence-corrected chi connectivity index (χ4v) is 2.65. The van der Waals surface area contributed by atoms with Gasteiger partial charge in [0.2, 0.25) is 0 Å².